The lowest BCUT2D eigenvalue weighted by Crippen LogP contribution is -2.61. The molecule has 1 unspecified atom stereocenters. The first-order valence-corrected chi connectivity index (χ1v) is 7.17. The molecule has 0 aromatic rings. The average Bonchev–Trinajstić information content (AvgIpc) is 2.33. The molecule has 0 aromatic carbocycles. The van der Waals surface area contributed by atoms with Gasteiger partial charge in [0.25, 0.3) is 6.47 Å². The minimum atomic E-state index is -0.547. The number of piperidine rings is 1. The van der Waals surface area contributed by atoms with E-state index >= 15 is 0 Å². The first kappa shape index (κ1) is 19.3. The van der Waals surface area contributed by atoms with E-state index in [1.54, 1.807) is 0 Å². The van der Waals surface area contributed by atoms with Gasteiger partial charge in [0.05, 0.1) is 6.04 Å². The highest BCUT2D eigenvalue weighted by molar-refractivity contribution is 5.37. The van der Waals surface area contributed by atoms with Gasteiger partial charge in [-0.25, -0.2) is 0 Å². The molecular formula is C14H30N2O4. The van der Waals surface area contributed by atoms with Crippen molar-refractivity contribution in [3.05, 3.63) is 0 Å². The summed E-state index contributed by atoms with van der Waals surface area (Å²) < 4.78 is 15.8. The fourth-order valence-electron chi connectivity index (χ4n) is 1.89. The average molecular weight is 290 g/mol. The molecule has 1 atom stereocenters. The second-order valence-corrected chi connectivity index (χ2v) is 5.56. The molecule has 0 aliphatic carbocycles. The zero-order valence-electron chi connectivity index (χ0n) is 13.4. The quantitative estimate of drug-likeness (QED) is 0.581. The molecule has 0 saturated carbocycles. The van der Waals surface area contributed by atoms with Crippen LogP contribution in [0.5, 0.6) is 0 Å². The highest BCUT2D eigenvalue weighted by Gasteiger charge is 2.40. The third kappa shape index (κ3) is 7.19. The van der Waals surface area contributed by atoms with E-state index in [9.17, 15) is 4.79 Å². The van der Waals surface area contributed by atoms with Crippen molar-refractivity contribution in [2.24, 2.45) is 5.73 Å². The zero-order valence-corrected chi connectivity index (χ0v) is 13.4. The summed E-state index contributed by atoms with van der Waals surface area (Å²) >= 11 is 0. The van der Waals surface area contributed by atoms with E-state index in [0.29, 0.717) is 19.7 Å². The molecule has 1 fully saturated rings. The molecule has 0 spiro atoms. The monoisotopic (exact) mass is 290 g/mol. The van der Waals surface area contributed by atoms with Crippen LogP contribution in [0.2, 0.25) is 0 Å². The van der Waals surface area contributed by atoms with Crippen LogP contribution in [0.1, 0.15) is 41.0 Å². The third-order valence-corrected chi connectivity index (χ3v) is 2.76. The number of nitrogens with one attached hydrogen (secondary N) is 1. The van der Waals surface area contributed by atoms with E-state index in [2.05, 4.69) is 10.1 Å². The Balaban J connectivity index is 0.000000441. The Kier molecular flexibility index (Phi) is 8.96. The molecule has 1 aliphatic heterocycles. The van der Waals surface area contributed by atoms with Crippen molar-refractivity contribution in [2.45, 2.75) is 58.5 Å². The predicted molar refractivity (Wildman–Crippen MR) is 78.3 cm³/mol. The maximum atomic E-state index is 9.60. The van der Waals surface area contributed by atoms with E-state index in [1.165, 1.54) is 0 Å². The molecule has 120 valence electrons. The molecule has 0 amide bonds. The summed E-state index contributed by atoms with van der Waals surface area (Å²) in [7, 11) is 0. The lowest BCUT2D eigenvalue weighted by molar-refractivity contribution is -0.253. The van der Waals surface area contributed by atoms with Crippen LogP contribution in [0.25, 0.3) is 0 Å². The van der Waals surface area contributed by atoms with Crippen LogP contribution >= 0.6 is 0 Å². The number of hydrogen-bond donors (Lipinski definition) is 2. The van der Waals surface area contributed by atoms with Crippen LogP contribution in [-0.4, -0.2) is 50.2 Å². The van der Waals surface area contributed by atoms with Crippen LogP contribution < -0.4 is 11.1 Å². The molecule has 3 N–H and O–H groups in total. The number of carbonyl (C=O) groups is 1. The molecule has 20 heavy (non-hydrogen) atoms. The van der Waals surface area contributed by atoms with Crippen molar-refractivity contribution in [2.75, 3.05) is 26.3 Å². The number of nitrogens with two attached hydrogens (primary N) is 1. The Morgan fingerprint density at radius 2 is 1.85 bits per heavy atom. The fraction of sp³-hybridized carbons (Fsp3) is 0.929. The topological polar surface area (TPSA) is 82.8 Å². The Labute approximate surface area is 122 Å². The Morgan fingerprint density at radius 1 is 1.30 bits per heavy atom. The second kappa shape index (κ2) is 9.28. The molecule has 1 aliphatic rings. The molecule has 0 radical (unpaired) electrons. The molecule has 1 rings (SSSR count). The van der Waals surface area contributed by atoms with Crippen LogP contribution in [0.3, 0.4) is 0 Å². The lowest BCUT2D eigenvalue weighted by Gasteiger charge is -2.41. The van der Waals surface area contributed by atoms with Crippen LogP contribution in [-0.2, 0) is 19.0 Å². The summed E-state index contributed by atoms with van der Waals surface area (Å²) in [5, 5.41) is 3.22. The number of rotatable bonds is 5. The summed E-state index contributed by atoms with van der Waals surface area (Å²) in [5.74, 6) is -0.547. The van der Waals surface area contributed by atoms with Crippen molar-refractivity contribution in [3.63, 3.8) is 0 Å². The number of ether oxygens (including phenoxy) is 3. The van der Waals surface area contributed by atoms with Gasteiger partial charge in [-0.2, -0.15) is 0 Å². The SMILES string of the molecule is CC(C)(C)OC=O.CCOC1(OCC)CCNCC1N. The predicted octanol–water partition coefficient (Wildman–Crippen LogP) is 1.03. The molecule has 1 heterocycles. The van der Waals surface area contributed by atoms with Gasteiger partial charge in [0.2, 0.25) is 0 Å². The van der Waals surface area contributed by atoms with Crippen LogP contribution in [0.15, 0.2) is 0 Å². The summed E-state index contributed by atoms with van der Waals surface area (Å²) in [6.45, 7) is 12.8. The van der Waals surface area contributed by atoms with E-state index in [-0.39, 0.29) is 11.6 Å². The summed E-state index contributed by atoms with van der Waals surface area (Å²) in [4.78, 5) is 9.60. The molecular weight excluding hydrogens is 260 g/mol. The summed E-state index contributed by atoms with van der Waals surface area (Å²) in [6.07, 6.45) is 0.829. The lowest BCUT2D eigenvalue weighted by atomic mass is 10.00. The maximum Gasteiger partial charge on any atom is 0.293 e. The van der Waals surface area contributed by atoms with E-state index in [1.807, 2.05) is 34.6 Å². The van der Waals surface area contributed by atoms with Gasteiger partial charge < -0.3 is 25.3 Å². The van der Waals surface area contributed by atoms with Crippen molar-refractivity contribution >= 4 is 6.47 Å². The third-order valence-electron chi connectivity index (χ3n) is 2.76. The Hall–Kier alpha value is -0.690. The van der Waals surface area contributed by atoms with Gasteiger partial charge in [-0.05, 0) is 34.6 Å². The minimum Gasteiger partial charge on any atom is -0.462 e. The van der Waals surface area contributed by atoms with Gasteiger partial charge in [0, 0.05) is 32.7 Å². The Morgan fingerprint density at radius 3 is 2.15 bits per heavy atom. The van der Waals surface area contributed by atoms with Gasteiger partial charge in [0.15, 0.2) is 5.79 Å². The first-order valence-electron chi connectivity index (χ1n) is 7.17. The number of carbonyl (C=O) groups excluding carboxylic acids is 1. The second-order valence-electron chi connectivity index (χ2n) is 5.56. The smallest absolute Gasteiger partial charge is 0.293 e. The van der Waals surface area contributed by atoms with Gasteiger partial charge >= 0.3 is 0 Å². The highest BCUT2D eigenvalue weighted by atomic mass is 16.7. The highest BCUT2D eigenvalue weighted by Crippen LogP contribution is 2.23. The standard InChI is InChI=1S/C9H20N2O2.C5H10O2/c1-3-12-9(13-4-2)5-6-11-7-8(9)10;1-5(2,3)7-4-6/h8,11H,3-7,10H2,1-2H3;4H,1-3H3. The van der Waals surface area contributed by atoms with Gasteiger partial charge in [-0.1, -0.05) is 0 Å². The van der Waals surface area contributed by atoms with Gasteiger partial charge in [-0.15, -0.1) is 0 Å². The number of hydrogen-bond acceptors (Lipinski definition) is 6. The van der Waals surface area contributed by atoms with Crippen molar-refractivity contribution in [3.8, 4) is 0 Å². The molecule has 6 nitrogen and oxygen atoms in total. The molecule has 0 aromatic heterocycles. The van der Waals surface area contributed by atoms with Gasteiger partial charge in [-0.3, -0.25) is 4.79 Å². The fourth-order valence-corrected chi connectivity index (χ4v) is 1.89. The summed E-state index contributed by atoms with van der Waals surface area (Å²) in [5.41, 5.74) is 5.66. The maximum absolute atomic E-state index is 9.60. The zero-order chi connectivity index (χ0) is 15.6. The van der Waals surface area contributed by atoms with Crippen molar-refractivity contribution in [1.29, 1.82) is 0 Å². The van der Waals surface area contributed by atoms with Crippen LogP contribution in [0, 0.1) is 0 Å². The first-order chi connectivity index (χ1) is 9.31. The summed E-state index contributed by atoms with van der Waals surface area (Å²) in [6, 6.07) is -0.0684. The van der Waals surface area contributed by atoms with E-state index in [0.717, 1.165) is 19.5 Å². The minimum absolute atomic E-state index is 0.0684. The largest absolute Gasteiger partial charge is 0.462 e. The van der Waals surface area contributed by atoms with E-state index < -0.39 is 5.79 Å². The normalized spacial score (nSPS) is 21.6. The molecule has 0 bridgehead atoms. The molecule has 6 heteroatoms. The Bertz CT molecular complexity index is 255. The van der Waals surface area contributed by atoms with Gasteiger partial charge in [0.1, 0.15) is 5.60 Å². The van der Waals surface area contributed by atoms with E-state index in [4.69, 9.17) is 15.2 Å². The molecule has 1 saturated heterocycles. The van der Waals surface area contributed by atoms with Crippen LogP contribution in [0.4, 0.5) is 0 Å². The van der Waals surface area contributed by atoms with Crippen molar-refractivity contribution in [1.82, 2.24) is 5.32 Å². The van der Waals surface area contributed by atoms with Crippen molar-refractivity contribution < 1.29 is 19.0 Å².